The first-order valence-corrected chi connectivity index (χ1v) is 4.03. The van der Waals surface area contributed by atoms with E-state index in [2.05, 4.69) is 22.1 Å². The third-order valence-electron chi connectivity index (χ3n) is 1.80. The molecule has 0 aliphatic heterocycles. The molecule has 0 saturated carbocycles. The molecule has 0 saturated heterocycles. The number of hydrogen-bond donors (Lipinski definition) is 0. The molecule has 0 N–H and O–H groups in total. The molecule has 1 heterocycles. The number of rotatable bonds is 2. The van der Waals surface area contributed by atoms with Gasteiger partial charge < -0.3 is 0 Å². The SMILES string of the molecule is CCc1cnnc(C)c1C=NC. The van der Waals surface area contributed by atoms with E-state index in [0.717, 1.165) is 17.7 Å². The molecule has 3 nitrogen and oxygen atoms in total. The van der Waals surface area contributed by atoms with Gasteiger partial charge in [0.05, 0.1) is 11.9 Å². The van der Waals surface area contributed by atoms with Crippen LogP contribution in [0.3, 0.4) is 0 Å². The Labute approximate surface area is 72.6 Å². The van der Waals surface area contributed by atoms with Gasteiger partial charge in [-0.2, -0.15) is 10.2 Å². The molecule has 0 fully saturated rings. The van der Waals surface area contributed by atoms with Crippen molar-refractivity contribution < 1.29 is 0 Å². The standard InChI is InChI=1S/C9H13N3/c1-4-8-5-11-12-7(2)9(8)6-10-3/h5-6H,4H2,1-3H3. The molecule has 1 aromatic heterocycles. The molecule has 0 aliphatic rings. The number of aromatic nitrogens is 2. The molecule has 0 spiro atoms. The van der Waals surface area contributed by atoms with Crippen LogP contribution in [0.5, 0.6) is 0 Å². The molecule has 0 aliphatic carbocycles. The average molecular weight is 163 g/mol. The van der Waals surface area contributed by atoms with Crippen LogP contribution in [0.1, 0.15) is 23.7 Å². The van der Waals surface area contributed by atoms with Gasteiger partial charge in [0.15, 0.2) is 0 Å². The van der Waals surface area contributed by atoms with Crippen LogP contribution in [0.15, 0.2) is 11.2 Å². The van der Waals surface area contributed by atoms with Crippen LogP contribution >= 0.6 is 0 Å². The fourth-order valence-corrected chi connectivity index (χ4v) is 1.13. The monoisotopic (exact) mass is 163 g/mol. The van der Waals surface area contributed by atoms with Crippen molar-refractivity contribution >= 4 is 6.21 Å². The zero-order valence-electron chi connectivity index (χ0n) is 7.70. The van der Waals surface area contributed by atoms with Crippen molar-refractivity contribution in [1.82, 2.24) is 10.2 Å². The van der Waals surface area contributed by atoms with Gasteiger partial charge in [-0.1, -0.05) is 6.92 Å². The highest BCUT2D eigenvalue weighted by Crippen LogP contribution is 2.07. The Hall–Kier alpha value is -1.25. The predicted molar refractivity (Wildman–Crippen MR) is 49.7 cm³/mol. The maximum atomic E-state index is 3.98. The normalized spacial score (nSPS) is 10.9. The predicted octanol–water partition coefficient (Wildman–Crippen LogP) is 1.40. The second-order valence-corrected chi connectivity index (χ2v) is 2.61. The smallest absolute Gasteiger partial charge is 0.0690 e. The summed E-state index contributed by atoms with van der Waals surface area (Å²) in [5, 5.41) is 7.85. The molecule has 0 aromatic carbocycles. The van der Waals surface area contributed by atoms with E-state index < -0.39 is 0 Å². The van der Waals surface area contributed by atoms with Crippen LogP contribution < -0.4 is 0 Å². The highest BCUT2D eigenvalue weighted by atomic mass is 15.1. The van der Waals surface area contributed by atoms with Crippen LogP contribution in [0.25, 0.3) is 0 Å². The summed E-state index contributed by atoms with van der Waals surface area (Å²) in [5.41, 5.74) is 3.25. The summed E-state index contributed by atoms with van der Waals surface area (Å²) in [4.78, 5) is 3.98. The zero-order valence-corrected chi connectivity index (χ0v) is 7.70. The van der Waals surface area contributed by atoms with Crippen molar-refractivity contribution in [1.29, 1.82) is 0 Å². The maximum Gasteiger partial charge on any atom is 0.0690 e. The molecule has 64 valence electrons. The summed E-state index contributed by atoms with van der Waals surface area (Å²) < 4.78 is 0. The van der Waals surface area contributed by atoms with Crippen LogP contribution in [-0.2, 0) is 6.42 Å². The van der Waals surface area contributed by atoms with E-state index in [1.807, 2.05) is 13.1 Å². The lowest BCUT2D eigenvalue weighted by atomic mass is 10.1. The highest BCUT2D eigenvalue weighted by molar-refractivity contribution is 5.82. The lowest BCUT2D eigenvalue weighted by Gasteiger charge is -2.02. The van der Waals surface area contributed by atoms with Crippen molar-refractivity contribution in [3.63, 3.8) is 0 Å². The molecule has 1 rings (SSSR count). The Morgan fingerprint density at radius 3 is 2.92 bits per heavy atom. The number of aryl methyl sites for hydroxylation is 2. The lowest BCUT2D eigenvalue weighted by Crippen LogP contribution is -1.99. The number of nitrogens with zero attached hydrogens (tertiary/aromatic N) is 3. The summed E-state index contributed by atoms with van der Waals surface area (Å²) >= 11 is 0. The quantitative estimate of drug-likeness (QED) is 0.618. The van der Waals surface area contributed by atoms with E-state index in [1.54, 1.807) is 13.2 Å². The van der Waals surface area contributed by atoms with Gasteiger partial charge in [0.2, 0.25) is 0 Å². The highest BCUT2D eigenvalue weighted by Gasteiger charge is 2.02. The van der Waals surface area contributed by atoms with E-state index in [0.29, 0.717) is 0 Å². The van der Waals surface area contributed by atoms with Crippen LogP contribution in [0.4, 0.5) is 0 Å². The van der Waals surface area contributed by atoms with Crippen molar-refractivity contribution in [2.45, 2.75) is 20.3 Å². The minimum Gasteiger partial charge on any atom is -0.296 e. The molecule has 0 unspecified atom stereocenters. The van der Waals surface area contributed by atoms with Crippen molar-refractivity contribution in [3.05, 3.63) is 23.0 Å². The van der Waals surface area contributed by atoms with E-state index in [9.17, 15) is 0 Å². The molecular formula is C9H13N3. The summed E-state index contributed by atoms with van der Waals surface area (Å²) in [7, 11) is 1.76. The van der Waals surface area contributed by atoms with Crippen molar-refractivity contribution in [2.24, 2.45) is 4.99 Å². The van der Waals surface area contributed by atoms with E-state index in [4.69, 9.17) is 0 Å². The van der Waals surface area contributed by atoms with E-state index >= 15 is 0 Å². The number of hydrogen-bond acceptors (Lipinski definition) is 3. The van der Waals surface area contributed by atoms with Gasteiger partial charge in [-0.3, -0.25) is 4.99 Å². The summed E-state index contributed by atoms with van der Waals surface area (Å²) in [5.74, 6) is 0. The minimum atomic E-state index is 0.944. The molecule has 12 heavy (non-hydrogen) atoms. The Morgan fingerprint density at radius 1 is 1.58 bits per heavy atom. The van der Waals surface area contributed by atoms with Crippen LogP contribution in [0.2, 0.25) is 0 Å². The van der Waals surface area contributed by atoms with Crippen molar-refractivity contribution in [2.75, 3.05) is 7.05 Å². The maximum absolute atomic E-state index is 3.98. The molecule has 0 amide bonds. The van der Waals surface area contributed by atoms with E-state index in [1.165, 1.54) is 5.56 Å². The fraction of sp³-hybridized carbons (Fsp3) is 0.444. The van der Waals surface area contributed by atoms with Gasteiger partial charge in [-0.25, -0.2) is 0 Å². The van der Waals surface area contributed by atoms with Crippen molar-refractivity contribution in [3.8, 4) is 0 Å². The first-order chi connectivity index (χ1) is 5.79. The van der Waals surface area contributed by atoms with Gasteiger partial charge in [-0.05, 0) is 18.9 Å². The van der Waals surface area contributed by atoms with Gasteiger partial charge in [0.1, 0.15) is 0 Å². The Bertz CT molecular complexity index is 292. The molecular weight excluding hydrogens is 150 g/mol. The summed E-state index contributed by atoms with van der Waals surface area (Å²) in [6, 6.07) is 0. The first kappa shape index (κ1) is 8.84. The molecule has 3 heteroatoms. The van der Waals surface area contributed by atoms with Gasteiger partial charge in [-0.15, -0.1) is 0 Å². The van der Waals surface area contributed by atoms with Gasteiger partial charge in [0, 0.05) is 18.8 Å². The average Bonchev–Trinajstić information content (AvgIpc) is 2.09. The van der Waals surface area contributed by atoms with Gasteiger partial charge >= 0.3 is 0 Å². The first-order valence-electron chi connectivity index (χ1n) is 4.03. The van der Waals surface area contributed by atoms with Crippen LogP contribution in [0, 0.1) is 6.92 Å². The zero-order chi connectivity index (χ0) is 8.97. The second-order valence-electron chi connectivity index (χ2n) is 2.61. The largest absolute Gasteiger partial charge is 0.296 e. The lowest BCUT2D eigenvalue weighted by molar-refractivity contribution is 0.938. The van der Waals surface area contributed by atoms with Crippen LogP contribution in [-0.4, -0.2) is 23.5 Å². The summed E-state index contributed by atoms with van der Waals surface area (Å²) in [6.45, 7) is 4.05. The topological polar surface area (TPSA) is 38.1 Å². The fourth-order valence-electron chi connectivity index (χ4n) is 1.13. The molecule has 0 atom stereocenters. The number of aliphatic imine (C=N–C) groups is 1. The molecule has 0 bridgehead atoms. The second kappa shape index (κ2) is 3.95. The van der Waals surface area contributed by atoms with Gasteiger partial charge in [0.25, 0.3) is 0 Å². The third-order valence-corrected chi connectivity index (χ3v) is 1.80. The summed E-state index contributed by atoms with van der Waals surface area (Å²) in [6.07, 6.45) is 4.60. The van der Waals surface area contributed by atoms with E-state index in [-0.39, 0.29) is 0 Å². The molecule has 0 radical (unpaired) electrons. The third kappa shape index (κ3) is 1.67. The molecule has 1 aromatic rings. The Kier molecular flexibility index (Phi) is 2.91. The Balaban J connectivity index is 3.19. The minimum absolute atomic E-state index is 0.944. The Morgan fingerprint density at radius 2 is 2.33 bits per heavy atom.